The molecule has 0 fully saturated rings. The summed E-state index contributed by atoms with van der Waals surface area (Å²) >= 11 is 5.70. The molecule has 0 aliphatic carbocycles. The van der Waals surface area contributed by atoms with E-state index < -0.39 is 39.5 Å². The minimum Gasteiger partial charge on any atom is -0.435 e. The van der Waals surface area contributed by atoms with Crippen LogP contribution in [-0.2, 0) is 9.84 Å². The Bertz CT molecular complexity index is 1020. The lowest BCUT2D eigenvalue weighted by molar-refractivity contribution is -0.0543. The van der Waals surface area contributed by atoms with E-state index in [4.69, 9.17) is 11.6 Å². The molecule has 0 N–H and O–H groups in total. The number of rotatable bonds is 7. The summed E-state index contributed by atoms with van der Waals surface area (Å²) in [4.78, 5) is -1.03. The molecule has 2 aromatic rings. The zero-order valence-electron chi connectivity index (χ0n) is 13.7. The van der Waals surface area contributed by atoms with E-state index in [0.29, 0.717) is 0 Å². The molecule has 0 bridgehead atoms. The van der Waals surface area contributed by atoms with Crippen molar-refractivity contribution in [2.24, 2.45) is 0 Å². The second kappa shape index (κ2) is 8.95. The molecule has 0 aromatic heterocycles. The van der Waals surface area contributed by atoms with Crippen molar-refractivity contribution in [3.8, 4) is 17.6 Å². The maximum Gasteiger partial charge on any atom is 0.387 e. The van der Waals surface area contributed by atoms with Gasteiger partial charge in [-0.25, -0.2) is 8.42 Å². The van der Waals surface area contributed by atoms with Crippen LogP contribution in [0.15, 0.2) is 52.3 Å². The van der Waals surface area contributed by atoms with Crippen LogP contribution in [0, 0.1) is 11.3 Å². The van der Waals surface area contributed by atoms with Gasteiger partial charge >= 0.3 is 13.2 Å². The van der Waals surface area contributed by atoms with Gasteiger partial charge in [0, 0.05) is 16.7 Å². The zero-order chi connectivity index (χ0) is 20.9. The second-order valence-corrected chi connectivity index (χ2v) is 7.39. The van der Waals surface area contributed by atoms with E-state index in [1.165, 1.54) is 30.3 Å². The third kappa shape index (κ3) is 5.37. The fourth-order valence-corrected chi connectivity index (χ4v) is 3.34. The highest BCUT2D eigenvalue weighted by Crippen LogP contribution is 2.31. The third-order valence-electron chi connectivity index (χ3n) is 3.24. The first-order valence-corrected chi connectivity index (χ1v) is 9.15. The van der Waals surface area contributed by atoms with Crippen LogP contribution in [0.2, 0.25) is 5.02 Å². The topological polar surface area (TPSA) is 76.4 Å². The first-order valence-electron chi connectivity index (χ1n) is 7.29. The molecule has 5 nitrogen and oxygen atoms in total. The Morgan fingerprint density at radius 1 is 1.04 bits per heavy atom. The average molecular weight is 436 g/mol. The summed E-state index contributed by atoms with van der Waals surface area (Å²) in [6.07, 6.45) is 0.786. The Morgan fingerprint density at radius 2 is 1.64 bits per heavy atom. The van der Waals surface area contributed by atoms with Crippen molar-refractivity contribution in [2.45, 2.75) is 18.1 Å². The van der Waals surface area contributed by atoms with Gasteiger partial charge in [0.15, 0.2) is 0 Å². The van der Waals surface area contributed by atoms with E-state index in [0.717, 1.165) is 24.3 Å². The van der Waals surface area contributed by atoms with E-state index in [1.807, 2.05) is 0 Å². The van der Waals surface area contributed by atoms with Crippen LogP contribution in [0.5, 0.6) is 11.5 Å². The van der Waals surface area contributed by atoms with Gasteiger partial charge in [0.2, 0.25) is 9.84 Å². The van der Waals surface area contributed by atoms with Crippen LogP contribution < -0.4 is 9.47 Å². The minimum absolute atomic E-state index is 0.251. The minimum atomic E-state index is -4.29. The highest BCUT2D eigenvalue weighted by atomic mass is 35.5. The smallest absolute Gasteiger partial charge is 0.387 e. The maximum atomic E-state index is 12.6. The van der Waals surface area contributed by atoms with Gasteiger partial charge in [0.25, 0.3) is 0 Å². The first kappa shape index (κ1) is 21.5. The molecule has 0 radical (unpaired) electrons. The first-order chi connectivity index (χ1) is 13.1. The van der Waals surface area contributed by atoms with E-state index in [2.05, 4.69) is 9.47 Å². The van der Waals surface area contributed by atoms with Crippen molar-refractivity contribution in [1.82, 2.24) is 0 Å². The molecule has 0 saturated carbocycles. The SMILES string of the molecule is N#CC(=Cc1ccc(OC(F)F)cc1OC(F)F)S(=O)(=O)c1ccc(Cl)cc1. The molecular weight excluding hydrogens is 426 g/mol. The number of alkyl halides is 4. The number of nitrogens with zero attached hydrogens (tertiary/aromatic N) is 1. The molecule has 2 aromatic carbocycles. The lowest BCUT2D eigenvalue weighted by atomic mass is 10.2. The van der Waals surface area contributed by atoms with Crippen LogP contribution in [0.25, 0.3) is 6.08 Å². The largest absolute Gasteiger partial charge is 0.435 e. The molecule has 0 spiro atoms. The van der Waals surface area contributed by atoms with Crippen LogP contribution in [0.1, 0.15) is 5.56 Å². The summed E-state index contributed by atoms with van der Waals surface area (Å²) in [5.74, 6) is -1.13. The summed E-state index contributed by atoms with van der Waals surface area (Å²) in [7, 11) is -4.29. The molecule has 0 atom stereocenters. The van der Waals surface area contributed by atoms with Gasteiger partial charge in [-0.1, -0.05) is 11.6 Å². The van der Waals surface area contributed by atoms with Crippen molar-refractivity contribution in [2.75, 3.05) is 0 Å². The van der Waals surface area contributed by atoms with E-state index in [1.54, 1.807) is 0 Å². The fourth-order valence-electron chi connectivity index (χ4n) is 2.06. The number of nitriles is 1. The quantitative estimate of drug-likeness (QED) is 0.457. The molecule has 0 amide bonds. The molecule has 0 unspecified atom stereocenters. The normalized spacial score (nSPS) is 12.1. The number of ether oxygens (including phenoxy) is 2. The molecule has 0 aliphatic rings. The highest BCUT2D eigenvalue weighted by molar-refractivity contribution is 7.95. The Kier molecular flexibility index (Phi) is 6.88. The van der Waals surface area contributed by atoms with Crippen molar-refractivity contribution >= 4 is 27.5 Å². The predicted molar refractivity (Wildman–Crippen MR) is 91.9 cm³/mol. The lowest BCUT2D eigenvalue weighted by Crippen LogP contribution is -2.07. The fraction of sp³-hybridized carbons (Fsp3) is 0.118. The summed E-state index contributed by atoms with van der Waals surface area (Å²) < 4.78 is 83.3. The number of allylic oxidation sites excluding steroid dienone is 1. The van der Waals surface area contributed by atoms with Crippen molar-refractivity contribution in [3.05, 3.63) is 58.0 Å². The Balaban J connectivity index is 2.53. The molecular formula is C17H10ClF4NO4S. The number of hydrogen-bond acceptors (Lipinski definition) is 5. The predicted octanol–water partition coefficient (Wildman–Crippen LogP) is 4.88. The van der Waals surface area contributed by atoms with Crippen molar-refractivity contribution in [1.29, 1.82) is 5.26 Å². The summed E-state index contributed by atoms with van der Waals surface area (Å²) in [6, 6.07) is 9.12. The Labute approximate surface area is 162 Å². The van der Waals surface area contributed by atoms with Gasteiger partial charge < -0.3 is 9.47 Å². The van der Waals surface area contributed by atoms with E-state index >= 15 is 0 Å². The van der Waals surface area contributed by atoms with Gasteiger partial charge in [-0.3, -0.25) is 0 Å². The van der Waals surface area contributed by atoms with Crippen LogP contribution in [0.3, 0.4) is 0 Å². The molecule has 0 heterocycles. The summed E-state index contributed by atoms with van der Waals surface area (Å²) in [5.41, 5.74) is -0.254. The monoisotopic (exact) mass is 435 g/mol. The van der Waals surface area contributed by atoms with E-state index in [-0.39, 0.29) is 15.5 Å². The molecule has 28 heavy (non-hydrogen) atoms. The number of benzene rings is 2. The molecule has 11 heteroatoms. The van der Waals surface area contributed by atoms with E-state index in [9.17, 15) is 31.2 Å². The third-order valence-corrected chi connectivity index (χ3v) is 5.17. The summed E-state index contributed by atoms with van der Waals surface area (Å²) in [5, 5.41) is 9.52. The highest BCUT2D eigenvalue weighted by Gasteiger charge is 2.22. The molecule has 0 saturated heterocycles. The maximum absolute atomic E-state index is 12.6. The number of sulfone groups is 1. The van der Waals surface area contributed by atoms with Gasteiger partial charge in [-0.15, -0.1) is 0 Å². The van der Waals surface area contributed by atoms with Gasteiger partial charge in [-0.05, 0) is 42.5 Å². The Hall–Kier alpha value is -2.77. The Morgan fingerprint density at radius 3 is 2.18 bits per heavy atom. The summed E-state index contributed by atoms with van der Waals surface area (Å²) in [6.45, 7) is -6.53. The standard InChI is InChI=1S/C17H10ClF4NO4S/c18-11-2-5-13(6-3-11)28(24,25)14(9-23)7-10-1-4-12(26-16(19)20)8-15(10)27-17(21)22/h1-8,16-17H. The number of halogens is 5. The molecule has 148 valence electrons. The van der Waals surface area contributed by atoms with Crippen LogP contribution >= 0.6 is 11.6 Å². The van der Waals surface area contributed by atoms with Crippen molar-refractivity contribution in [3.63, 3.8) is 0 Å². The lowest BCUT2D eigenvalue weighted by Gasteiger charge is -2.11. The molecule has 2 rings (SSSR count). The molecule has 0 aliphatic heterocycles. The van der Waals surface area contributed by atoms with Gasteiger partial charge in [0.1, 0.15) is 22.5 Å². The average Bonchev–Trinajstić information content (AvgIpc) is 2.60. The zero-order valence-corrected chi connectivity index (χ0v) is 15.2. The van der Waals surface area contributed by atoms with Crippen molar-refractivity contribution < 1.29 is 35.5 Å². The second-order valence-electron chi connectivity index (χ2n) is 5.03. The number of hydrogen-bond donors (Lipinski definition) is 0. The van der Waals surface area contributed by atoms with Gasteiger partial charge in [-0.2, -0.15) is 22.8 Å². The van der Waals surface area contributed by atoms with Crippen LogP contribution in [-0.4, -0.2) is 21.6 Å². The van der Waals surface area contributed by atoms with Gasteiger partial charge in [0.05, 0.1) is 4.90 Å². The van der Waals surface area contributed by atoms with Crippen LogP contribution in [0.4, 0.5) is 17.6 Å².